The number of ketones is 1. The summed E-state index contributed by atoms with van der Waals surface area (Å²) in [6.45, 7) is 6.20. The van der Waals surface area contributed by atoms with Crippen LogP contribution in [-0.4, -0.2) is 161 Å². The van der Waals surface area contributed by atoms with Crippen LogP contribution in [0.15, 0.2) is 30.3 Å². The van der Waals surface area contributed by atoms with E-state index in [9.17, 15) is 58.2 Å². The van der Waals surface area contributed by atoms with Crippen molar-refractivity contribution in [2.45, 2.75) is 218 Å². The summed E-state index contributed by atoms with van der Waals surface area (Å²) in [4.78, 5) is 133. The third-order valence-electron chi connectivity index (χ3n) is 13.8. The molecule has 0 spiro atoms. The van der Waals surface area contributed by atoms with E-state index in [0.717, 1.165) is 26.2 Å². The second kappa shape index (κ2) is 43.3. The Labute approximate surface area is 494 Å². The average Bonchev–Trinajstić information content (AvgIpc) is 3.64. The molecule has 1 rings (SSSR count). The Morgan fingerprint density at radius 2 is 0.881 bits per heavy atom. The van der Waals surface area contributed by atoms with Gasteiger partial charge in [0, 0.05) is 32.4 Å². The van der Waals surface area contributed by atoms with Gasteiger partial charge in [-0.1, -0.05) is 128 Å². The molecule has 1 aromatic rings. The summed E-state index contributed by atoms with van der Waals surface area (Å²) in [7, 11) is 0. The summed E-state index contributed by atoms with van der Waals surface area (Å²) in [6, 6.07) is -2.78. The highest BCUT2D eigenvalue weighted by atomic mass is 16.4. The lowest BCUT2D eigenvalue weighted by molar-refractivity contribution is -0.138. The highest BCUT2D eigenvalue weighted by Crippen LogP contribution is 2.14. The van der Waals surface area contributed by atoms with E-state index in [-0.39, 0.29) is 75.9 Å². The summed E-state index contributed by atoms with van der Waals surface area (Å²) in [6.07, 6.45) is 14.4. The van der Waals surface area contributed by atoms with E-state index in [1.165, 1.54) is 64.7 Å². The number of rotatable bonds is 46. The molecule has 474 valence electrons. The molecular weight excluding hydrogens is 1090 g/mol. The second-order valence-electron chi connectivity index (χ2n) is 21.4. The molecule has 0 heterocycles. The summed E-state index contributed by atoms with van der Waals surface area (Å²) in [5, 5.41) is 69.8. The Morgan fingerprint density at radius 1 is 0.476 bits per heavy atom. The molecule has 0 aliphatic rings. The van der Waals surface area contributed by atoms with Gasteiger partial charge < -0.3 is 80.0 Å². The fourth-order valence-corrected chi connectivity index (χ4v) is 8.81. The number of aliphatic hydroxyl groups is 2. The molecule has 0 saturated heterocycles. The Balaban J connectivity index is 3.22. The third kappa shape index (κ3) is 33.0. The van der Waals surface area contributed by atoms with Crippen LogP contribution in [0.5, 0.6) is 0 Å². The van der Waals surface area contributed by atoms with Gasteiger partial charge in [-0.2, -0.15) is 0 Å². The van der Waals surface area contributed by atoms with Crippen molar-refractivity contribution < 1.29 is 63.3 Å². The van der Waals surface area contributed by atoms with Crippen LogP contribution in [0.3, 0.4) is 0 Å². The van der Waals surface area contributed by atoms with Gasteiger partial charge in [0.1, 0.15) is 42.3 Å². The quantitative estimate of drug-likeness (QED) is 0.0236. The average molecular weight is 1190 g/mol. The lowest BCUT2D eigenvalue weighted by Gasteiger charge is -2.28. The zero-order chi connectivity index (χ0) is 63.0. The summed E-state index contributed by atoms with van der Waals surface area (Å²) in [5.74, 6) is -9.88. The number of aliphatic hydroxyl groups excluding tert-OH is 2. The zero-order valence-electron chi connectivity index (χ0n) is 49.8. The van der Waals surface area contributed by atoms with Crippen molar-refractivity contribution in [2.24, 2.45) is 17.4 Å². The normalized spacial score (nSPS) is 13.9. The van der Waals surface area contributed by atoms with Crippen LogP contribution in [0.1, 0.15) is 169 Å². The Hall–Kier alpha value is -7.42. The van der Waals surface area contributed by atoms with Crippen molar-refractivity contribution in [3.05, 3.63) is 35.9 Å². The lowest BCUT2D eigenvalue weighted by Crippen LogP contribution is -2.61. The minimum Gasteiger partial charge on any atom is -0.481 e. The molecule has 8 amide bonds. The van der Waals surface area contributed by atoms with E-state index in [1.807, 2.05) is 0 Å². The molecule has 19 N–H and O–H groups in total. The fourth-order valence-electron chi connectivity index (χ4n) is 8.81. The number of hydrogen-bond donors (Lipinski definition) is 17. The maximum absolute atomic E-state index is 14.4. The maximum atomic E-state index is 14.4. The molecule has 0 fully saturated rings. The van der Waals surface area contributed by atoms with E-state index < -0.39 is 127 Å². The zero-order valence-corrected chi connectivity index (χ0v) is 49.8. The fraction of sp³-hybridized carbons (Fsp3) is 0.684. The SMILES string of the molecule is CCCCCCCCCCCCCCCC(=O)N[C@@H](C)C(=O)N[C@H](C(=O)N[C@@H](Cc1ccccc1)C(=O)N[C@@H](CCCNC(=N)N)C(=O)N[C@@H](CO)C(=O)N[C@@H](CO)C(=O)N[C@@H](CCCNC(=N)N)C(=O)N[C@@H](CCC(=O)O)C(C)=O)C(C)C. The van der Waals surface area contributed by atoms with E-state index in [2.05, 4.69) is 60.1 Å². The van der Waals surface area contributed by atoms with Crippen LogP contribution in [-0.2, 0) is 54.4 Å². The van der Waals surface area contributed by atoms with Gasteiger partial charge in [0.2, 0.25) is 47.3 Å². The van der Waals surface area contributed by atoms with Crippen LogP contribution in [0.2, 0.25) is 0 Å². The van der Waals surface area contributed by atoms with Crippen molar-refractivity contribution in [3.63, 3.8) is 0 Å². The molecule has 0 aliphatic heterocycles. The Kier molecular flexibility index (Phi) is 38.4. The highest BCUT2D eigenvalue weighted by molar-refractivity contribution is 5.98. The molecule has 0 aromatic heterocycles. The van der Waals surface area contributed by atoms with Gasteiger partial charge in [-0.25, -0.2) is 0 Å². The maximum Gasteiger partial charge on any atom is 0.303 e. The topological polar surface area (TPSA) is 451 Å². The largest absolute Gasteiger partial charge is 0.481 e. The summed E-state index contributed by atoms with van der Waals surface area (Å²) in [5.41, 5.74) is 11.4. The molecule has 8 atom stereocenters. The highest BCUT2D eigenvalue weighted by Gasteiger charge is 2.35. The van der Waals surface area contributed by atoms with E-state index in [1.54, 1.807) is 44.2 Å². The van der Waals surface area contributed by atoms with Crippen molar-refractivity contribution in [3.8, 4) is 0 Å². The van der Waals surface area contributed by atoms with Gasteiger partial charge >= 0.3 is 5.97 Å². The molecule has 0 saturated carbocycles. The lowest BCUT2D eigenvalue weighted by atomic mass is 10.00. The van der Waals surface area contributed by atoms with Crippen LogP contribution >= 0.6 is 0 Å². The van der Waals surface area contributed by atoms with Gasteiger partial charge in [0.05, 0.1) is 19.3 Å². The van der Waals surface area contributed by atoms with Crippen LogP contribution in [0.4, 0.5) is 0 Å². The van der Waals surface area contributed by atoms with Gasteiger partial charge in [0.15, 0.2) is 17.7 Å². The number of nitrogens with one attached hydrogen (secondary N) is 12. The Bertz CT molecular complexity index is 2240. The first-order valence-electron chi connectivity index (χ1n) is 29.5. The molecule has 0 unspecified atom stereocenters. The van der Waals surface area contributed by atoms with Crippen molar-refractivity contribution >= 4 is 70.9 Å². The molecule has 27 nitrogen and oxygen atoms in total. The van der Waals surface area contributed by atoms with Crippen LogP contribution in [0.25, 0.3) is 0 Å². The third-order valence-corrected chi connectivity index (χ3v) is 13.8. The van der Waals surface area contributed by atoms with Gasteiger partial charge in [-0.15, -0.1) is 0 Å². The van der Waals surface area contributed by atoms with E-state index >= 15 is 0 Å². The summed E-state index contributed by atoms with van der Waals surface area (Å²) >= 11 is 0. The minimum atomic E-state index is -1.82. The predicted octanol–water partition coefficient (Wildman–Crippen LogP) is 0.230. The number of amides is 8. The van der Waals surface area contributed by atoms with Crippen LogP contribution in [0, 0.1) is 16.7 Å². The number of aliphatic carboxylic acids is 1. The smallest absolute Gasteiger partial charge is 0.303 e. The van der Waals surface area contributed by atoms with E-state index in [0.29, 0.717) is 12.0 Å². The number of guanidine groups is 2. The van der Waals surface area contributed by atoms with E-state index in [4.69, 9.17) is 27.4 Å². The van der Waals surface area contributed by atoms with Crippen molar-refractivity contribution in [2.75, 3.05) is 26.3 Å². The van der Waals surface area contributed by atoms with Crippen molar-refractivity contribution in [1.82, 2.24) is 53.2 Å². The number of carboxylic acid groups (broad SMARTS) is 1. The molecule has 0 radical (unpaired) electrons. The number of benzene rings is 1. The number of unbranched alkanes of at least 4 members (excludes halogenated alkanes) is 12. The molecule has 0 aliphatic carbocycles. The molecule has 0 bridgehead atoms. The van der Waals surface area contributed by atoms with Gasteiger partial charge in [-0.3, -0.25) is 58.8 Å². The molecule has 84 heavy (non-hydrogen) atoms. The van der Waals surface area contributed by atoms with Gasteiger partial charge in [-0.05, 0) is 63.9 Å². The van der Waals surface area contributed by atoms with Gasteiger partial charge in [0.25, 0.3) is 0 Å². The number of hydrogen-bond acceptors (Lipinski definition) is 14. The molecule has 27 heteroatoms. The second-order valence-corrected chi connectivity index (χ2v) is 21.4. The number of carbonyl (C=O) groups excluding carboxylic acids is 9. The standard InChI is InChI=1S/C57H98N14O13/c1-6-7-8-9-10-11-12-13-14-15-16-17-21-28-46(75)64-37(4)49(78)71-48(36(2)3)55(84)68-43(33-39-24-19-18-20-25-39)52(81)66-42(27-23-32-63-57(60)61)51(80)69-45(35-73)54(83)70-44(34-72)53(82)67-41(26-22-31-62-56(58)59)50(79)65-40(38(5)74)29-30-47(76)77/h18-20,24-25,36-37,40-45,48,72-73H,6-17,21-23,26-35H2,1-5H3,(H,64,75)(H,65,79)(H,66,81)(H,67,82)(H,68,84)(H,69,80)(H,70,83)(H,71,78)(H,76,77)(H4,58,59,62)(H4,60,61,63)/t37-,40-,41-,42-,43-,44-,45-,48-/m0/s1. The molecular formula is C57H98N14O13. The van der Waals surface area contributed by atoms with Crippen LogP contribution < -0.4 is 64.6 Å². The Morgan fingerprint density at radius 3 is 1.30 bits per heavy atom. The first-order valence-corrected chi connectivity index (χ1v) is 29.5. The van der Waals surface area contributed by atoms with Crippen molar-refractivity contribution in [1.29, 1.82) is 10.8 Å². The summed E-state index contributed by atoms with van der Waals surface area (Å²) < 4.78 is 0. The minimum absolute atomic E-state index is 0.0501. The monoisotopic (exact) mass is 1190 g/mol. The first-order chi connectivity index (χ1) is 39.9. The first kappa shape index (κ1) is 74.6. The number of nitrogens with two attached hydrogens (primary N) is 2. The molecule has 1 aromatic carbocycles. The number of carbonyl (C=O) groups is 10. The number of Topliss-reactive ketones (excluding diaryl/α,β-unsaturated/α-hetero) is 1. The number of carboxylic acids is 1. The predicted molar refractivity (Wildman–Crippen MR) is 316 cm³/mol.